The minimum absolute atomic E-state index is 0.168. The van der Waals surface area contributed by atoms with E-state index < -0.39 is 19.0 Å². The second-order valence-corrected chi connectivity index (χ2v) is 6.49. The third-order valence-electron chi connectivity index (χ3n) is 4.04. The molecule has 6 nitrogen and oxygen atoms in total. The molecule has 0 aliphatic heterocycles. The van der Waals surface area contributed by atoms with Crippen molar-refractivity contribution in [3.05, 3.63) is 47.5 Å². The maximum Gasteiger partial charge on any atom is 0.475 e. The molecule has 0 bridgehead atoms. The number of carbonyl (C=O) groups is 2. The van der Waals surface area contributed by atoms with Crippen molar-refractivity contribution in [2.24, 2.45) is 0 Å². The van der Waals surface area contributed by atoms with Crippen LogP contribution in [0.2, 0.25) is 0 Å². The molecule has 1 unspecified atom stereocenters. The van der Waals surface area contributed by atoms with Gasteiger partial charge in [-0.3, -0.25) is 9.59 Å². The molecule has 2 amide bonds. The van der Waals surface area contributed by atoms with Gasteiger partial charge in [0.15, 0.2) is 0 Å². The quantitative estimate of drug-likeness (QED) is 0.479. The van der Waals surface area contributed by atoms with E-state index in [4.69, 9.17) is 0 Å². The van der Waals surface area contributed by atoms with E-state index in [1.165, 1.54) is 4.90 Å². The molecule has 1 rings (SSSR count). The zero-order chi connectivity index (χ0) is 19.1. The summed E-state index contributed by atoms with van der Waals surface area (Å²) in [5.41, 5.74) is 3.05. The monoisotopic (exact) mass is 346 g/mol. The van der Waals surface area contributed by atoms with Crippen molar-refractivity contribution < 1.29 is 19.6 Å². The predicted molar refractivity (Wildman–Crippen MR) is 98.8 cm³/mol. The summed E-state index contributed by atoms with van der Waals surface area (Å²) in [6, 6.07) is 5.68. The lowest BCUT2D eigenvalue weighted by Crippen LogP contribution is -2.52. The number of benzene rings is 1. The van der Waals surface area contributed by atoms with Crippen LogP contribution in [0.3, 0.4) is 0 Å². The normalized spacial score (nSPS) is 11.8. The van der Waals surface area contributed by atoms with Crippen molar-refractivity contribution in [1.29, 1.82) is 0 Å². The van der Waals surface area contributed by atoms with Crippen LogP contribution in [0, 0.1) is 13.8 Å². The molecule has 0 radical (unpaired) electrons. The van der Waals surface area contributed by atoms with Crippen molar-refractivity contribution >= 4 is 18.9 Å². The van der Waals surface area contributed by atoms with Crippen molar-refractivity contribution in [3.63, 3.8) is 0 Å². The number of nitrogens with one attached hydrogen (secondary N) is 1. The van der Waals surface area contributed by atoms with Gasteiger partial charge in [-0.25, -0.2) is 0 Å². The predicted octanol–water partition coefficient (Wildman–Crippen LogP) is 0.766. The Morgan fingerprint density at radius 1 is 1.32 bits per heavy atom. The highest BCUT2D eigenvalue weighted by Gasteiger charge is 2.27. The fraction of sp³-hybridized carbons (Fsp3) is 0.444. The van der Waals surface area contributed by atoms with Gasteiger partial charge in [-0.05, 0) is 51.3 Å². The van der Waals surface area contributed by atoms with Gasteiger partial charge >= 0.3 is 7.12 Å². The van der Waals surface area contributed by atoms with E-state index in [1.54, 1.807) is 13.8 Å². The van der Waals surface area contributed by atoms with Gasteiger partial charge in [0.05, 0.1) is 5.94 Å². The average molecular weight is 346 g/mol. The number of amides is 2. The highest BCUT2D eigenvalue weighted by Crippen LogP contribution is 2.13. The summed E-state index contributed by atoms with van der Waals surface area (Å²) in [5, 5.41) is 21.8. The topological polar surface area (TPSA) is 89.9 Å². The van der Waals surface area contributed by atoms with Gasteiger partial charge < -0.3 is 20.3 Å². The summed E-state index contributed by atoms with van der Waals surface area (Å²) in [5.74, 6) is -1.66. The third-order valence-corrected chi connectivity index (χ3v) is 4.04. The Labute approximate surface area is 149 Å². The Hall–Kier alpha value is -2.12. The Bertz CT molecular complexity index is 632. The zero-order valence-corrected chi connectivity index (χ0v) is 15.3. The Kier molecular flexibility index (Phi) is 7.86. The average Bonchev–Trinajstić information content (AvgIpc) is 2.53. The number of hydrogen-bond acceptors (Lipinski definition) is 4. The second-order valence-electron chi connectivity index (χ2n) is 6.49. The summed E-state index contributed by atoms with van der Waals surface area (Å²) in [6.07, 6.45) is 1.44. The summed E-state index contributed by atoms with van der Waals surface area (Å²) < 4.78 is 0. The van der Waals surface area contributed by atoms with Gasteiger partial charge in [0.2, 0.25) is 11.8 Å². The minimum atomic E-state index is -1.70. The van der Waals surface area contributed by atoms with E-state index in [0.717, 1.165) is 22.8 Å². The molecule has 25 heavy (non-hydrogen) atoms. The molecule has 0 saturated carbocycles. The SMILES string of the molecule is C=CC(=O)N(CC(=O)NC(Cc1ccc(C)cc1C)B(O)O)C(C)C. The Morgan fingerprint density at radius 2 is 1.96 bits per heavy atom. The standard InChI is InChI=1S/C18H27BN2O4/c1-6-18(23)21(12(2)3)11-17(22)20-16(19(24)25)10-15-8-7-13(4)9-14(15)5/h6-9,12,16,24-25H,1,10-11H2,2-5H3,(H,20,22). The van der Waals surface area contributed by atoms with E-state index in [2.05, 4.69) is 11.9 Å². The first-order valence-corrected chi connectivity index (χ1v) is 8.30. The molecule has 3 N–H and O–H groups in total. The van der Waals surface area contributed by atoms with E-state index in [0.29, 0.717) is 0 Å². The fourth-order valence-corrected chi connectivity index (χ4v) is 2.58. The molecule has 0 aliphatic rings. The second kappa shape index (κ2) is 9.39. The maximum absolute atomic E-state index is 12.3. The van der Waals surface area contributed by atoms with Gasteiger partial charge in [-0.2, -0.15) is 0 Å². The van der Waals surface area contributed by atoms with Crippen LogP contribution in [0.4, 0.5) is 0 Å². The molecule has 0 saturated heterocycles. The van der Waals surface area contributed by atoms with Gasteiger partial charge in [0.1, 0.15) is 6.54 Å². The van der Waals surface area contributed by atoms with E-state index in [9.17, 15) is 19.6 Å². The molecule has 0 fully saturated rings. The third kappa shape index (κ3) is 6.36. The van der Waals surface area contributed by atoms with Crippen LogP contribution < -0.4 is 5.32 Å². The van der Waals surface area contributed by atoms with E-state index >= 15 is 0 Å². The van der Waals surface area contributed by atoms with Gasteiger partial charge in [-0.15, -0.1) is 0 Å². The molecular formula is C18H27BN2O4. The summed E-state index contributed by atoms with van der Waals surface area (Å²) in [4.78, 5) is 25.4. The lowest BCUT2D eigenvalue weighted by molar-refractivity contribution is -0.134. The zero-order valence-electron chi connectivity index (χ0n) is 15.3. The van der Waals surface area contributed by atoms with Crippen LogP contribution in [-0.2, 0) is 16.0 Å². The highest BCUT2D eigenvalue weighted by molar-refractivity contribution is 6.43. The highest BCUT2D eigenvalue weighted by atomic mass is 16.4. The maximum atomic E-state index is 12.3. The van der Waals surface area contributed by atoms with Gasteiger partial charge in [0, 0.05) is 6.04 Å². The van der Waals surface area contributed by atoms with Crippen LogP contribution >= 0.6 is 0 Å². The summed E-state index contributed by atoms with van der Waals surface area (Å²) >= 11 is 0. The number of aryl methyl sites for hydroxylation is 2. The fourth-order valence-electron chi connectivity index (χ4n) is 2.58. The smallest absolute Gasteiger partial charge is 0.426 e. The first kappa shape index (κ1) is 20.9. The Morgan fingerprint density at radius 3 is 2.44 bits per heavy atom. The largest absolute Gasteiger partial charge is 0.475 e. The first-order valence-electron chi connectivity index (χ1n) is 8.30. The van der Waals surface area contributed by atoms with Crippen LogP contribution in [-0.4, -0.2) is 52.4 Å². The molecular weight excluding hydrogens is 319 g/mol. The summed E-state index contributed by atoms with van der Waals surface area (Å²) in [6.45, 7) is 10.8. The van der Waals surface area contributed by atoms with Crippen molar-refractivity contribution in [3.8, 4) is 0 Å². The van der Waals surface area contributed by atoms with Gasteiger partial charge in [-0.1, -0.05) is 30.3 Å². The number of rotatable bonds is 8. The molecule has 1 aromatic carbocycles. The molecule has 7 heteroatoms. The minimum Gasteiger partial charge on any atom is -0.426 e. The van der Waals surface area contributed by atoms with Crippen LogP contribution in [0.1, 0.15) is 30.5 Å². The van der Waals surface area contributed by atoms with E-state index in [1.807, 2.05) is 32.0 Å². The molecule has 0 aromatic heterocycles. The first-order chi connectivity index (χ1) is 11.6. The van der Waals surface area contributed by atoms with Crippen LogP contribution in [0.25, 0.3) is 0 Å². The van der Waals surface area contributed by atoms with Crippen molar-refractivity contribution in [2.45, 2.75) is 46.1 Å². The van der Waals surface area contributed by atoms with Crippen molar-refractivity contribution in [1.82, 2.24) is 10.2 Å². The lowest BCUT2D eigenvalue weighted by Gasteiger charge is -2.26. The molecule has 136 valence electrons. The number of nitrogens with zero attached hydrogens (tertiary/aromatic N) is 1. The number of hydrogen-bond donors (Lipinski definition) is 3. The van der Waals surface area contributed by atoms with Crippen molar-refractivity contribution in [2.75, 3.05) is 6.54 Å². The molecule has 0 spiro atoms. The van der Waals surface area contributed by atoms with Crippen LogP contribution in [0.15, 0.2) is 30.9 Å². The summed E-state index contributed by atoms with van der Waals surface area (Å²) in [7, 11) is -1.70. The molecule has 0 aliphatic carbocycles. The molecule has 0 heterocycles. The molecule has 1 aromatic rings. The van der Waals surface area contributed by atoms with Crippen LogP contribution in [0.5, 0.6) is 0 Å². The number of carbonyl (C=O) groups excluding carboxylic acids is 2. The van der Waals surface area contributed by atoms with E-state index in [-0.39, 0.29) is 24.9 Å². The van der Waals surface area contributed by atoms with Gasteiger partial charge in [0.25, 0.3) is 0 Å². The molecule has 1 atom stereocenters. The Balaban J connectivity index is 2.81. The lowest BCUT2D eigenvalue weighted by atomic mass is 9.75.